The Kier molecular flexibility index (Phi) is 5.74. The van der Waals surface area contributed by atoms with Crippen LogP contribution >= 0.6 is 58.0 Å². The number of amides is 1. The fourth-order valence-corrected chi connectivity index (χ4v) is 2.45. The third-order valence-electron chi connectivity index (χ3n) is 2.37. The summed E-state index contributed by atoms with van der Waals surface area (Å²) in [7, 11) is 0. The van der Waals surface area contributed by atoms with Crippen molar-refractivity contribution in [3.8, 4) is 0 Å². The molecule has 0 aliphatic carbocycles. The van der Waals surface area contributed by atoms with Gasteiger partial charge in [0.1, 0.15) is 5.82 Å². The predicted molar refractivity (Wildman–Crippen MR) is 97.1 cm³/mol. The molecule has 1 aromatic carbocycles. The molecule has 21 heavy (non-hydrogen) atoms. The van der Waals surface area contributed by atoms with Gasteiger partial charge in [0.2, 0.25) is 0 Å². The van der Waals surface area contributed by atoms with Crippen molar-refractivity contribution in [1.29, 1.82) is 0 Å². The number of benzene rings is 1. The van der Waals surface area contributed by atoms with Crippen LogP contribution in [0.25, 0.3) is 0 Å². The van der Waals surface area contributed by atoms with Crippen molar-refractivity contribution in [2.75, 3.05) is 5.32 Å². The first-order chi connectivity index (χ1) is 9.95. The number of hydrogen-bond acceptors (Lipinski definition) is 3. The van der Waals surface area contributed by atoms with E-state index in [0.29, 0.717) is 16.4 Å². The number of aromatic nitrogens is 1. The molecule has 0 bridgehead atoms. The normalized spacial score (nSPS) is 10.0. The maximum absolute atomic E-state index is 12.0. The minimum absolute atomic E-state index is 0.139. The van der Waals surface area contributed by atoms with Crippen LogP contribution in [0.1, 0.15) is 10.4 Å². The number of halogens is 3. The molecule has 0 saturated carbocycles. The SMILES string of the molecule is O=C(NC(=S)Nc1ccc(I)cn1)c1ccc(Cl)cc1Cl. The van der Waals surface area contributed by atoms with Gasteiger partial charge in [-0.1, -0.05) is 23.2 Å². The van der Waals surface area contributed by atoms with Gasteiger partial charge in [0.25, 0.3) is 5.91 Å². The van der Waals surface area contributed by atoms with E-state index in [-0.39, 0.29) is 10.1 Å². The van der Waals surface area contributed by atoms with Crippen molar-refractivity contribution in [3.63, 3.8) is 0 Å². The van der Waals surface area contributed by atoms with Crippen molar-refractivity contribution in [1.82, 2.24) is 10.3 Å². The first kappa shape index (κ1) is 16.4. The van der Waals surface area contributed by atoms with E-state index in [0.717, 1.165) is 3.57 Å². The Morgan fingerprint density at radius 1 is 1.24 bits per heavy atom. The Bertz CT molecular complexity index is 694. The molecule has 1 heterocycles. The molecule has 0 fully saturated rings. The van der Waals surface area contributed by atoms with Crippen molar-refractivity contribution in [2.45, 2.75) is 0 Å². The maximum atomic E-state index is 12.0. The van der Waals surface area contributed by atoms with Crippen LogP contribution in [0.15, 0.2) is 36.5 Å². The van der Waals surface area contributed by atoms with Gasteiger partial charge in [0, 0.05) is 14.8 Å². The van der Waals surface area contributed by atoms with E-state index in [2.05, 4.69) is 38.2 Å². The van der Waals surface area contributed by atoms with Crippen LogP contribution < -0.4 is 10.6 Å². The van der Waals surface area contributed by atoms with Crippen LogP contribution in [0.2, 0.25) is 10.0 Å². The van der Waals surface area contributed by atoms with Crippen molar-refractivity contribution in [3.05, 3.63) is 55.7 Å². The number of pyridine rings is 1. The summed E-state index contributed by atoms with van der Waals surface area (Å²) >= 11 is 19.0. The molecule has 0 radical (unpaired) electrons. The number of nitrogens with one attached hydrogen (secondary N) is 2. The molecule has 0 saturated heterocycles. The number of thiocarbonyl (C=S) groups is 1. The van der Waals surface area contributed by atoms with Crippen LogP contribution in [-0.4, -0.2) is 16.0 Å². The molecule has 1 amide bonds. The molecule has 1 aromatic heterocycles. The molecule has 8 heteroatoms. The quantitative estimate of drug-likeness (QED) is 0.532. The lowest BCUT2D eigenvalue weighted by Gasteiger charge is -2.09. The minimum atomic E-state index is -0.417. The van der Waals surface area contributed by atoms with Crippen molar-refractivity contribution < 1.29 is 4.79 Å². The summed E-state index contributed by atoms with van der Waals surface area (Å²) in [6, 6.07) is 8.24. The maximum Gasteiger partial charge on any atom is 0.258 e. The lowest BCUT2D eigenvalue weighted by atomic mass is 10.2. The van der Waals surface area contributed by atoms with Gasteiger partial charge >= 0.3 is 0 Å². The van der Waals surface area contributed by atoms with E-state index in [1.165, 1.54) is 12.1 Å². The first-order valence-corrected chi connectivity index (χ1v) is 7.89. The van der Waals surface area contributed by atoms with Crippen LogP contribution in [0, 0.1) is 3.57 Å². The van der Waals surface area contributed by atoms with Gasteiger partial charge in [-0.25, -0.2) is 4.98 Å². The van der Waals surface area contributed by atoms with Crippen molar-refractivity contribution in [2.24, 2.45) is 0 Å². The van der Waals surface area contributed by atoms with Gasteiger partial charge in [-0.3, -0.25) is 10.1 Å². The number of carbonyl (C=O) groups is 1. The topological polar surface area (TPSA) is 54.0 Å². The van der Waals surface area contributed by atoms with Crippen LogP contribution in [0.4, 0.5) is 5.82 Å². The summed E-state index contributed by atoms with van der Waals surface area (Å²) in [4.78, 5) is 16.2. The molecule has 0 atom stereocenters. The molecule has 0 spiro atoms. The molecule has 4 nitrogen and oxygen atoms in total. The fourth-order valence-electron chi connectivity index (χ4n) is 1.44. The van der Waals surface area contributed by atoms with E-state index in [4.69, 9.17) is 35.4 Å². The van der Waals surface area contributed by atoms with Gasteiger partial charge in [0.15, 0.2) is 5.11 Å². The highest BCUT2D eigenvalue weighted by molar-refractivity contribution is 14.1. The second-order valence-corrected chi connectivity index (χ2v) is 6.39. The Morgan fingerprint density at radius 2 is 2.00 bits per heavy atom. The molecule has 108 valence electrons. The van der Waals surface area contributed by atoms with Crippen LogP contribution in [0.5, 0.6) is 0 Å². The molecule has 2 aromatic rings. The molecular formula is C13H8Cl2IN3OS. The molecule has 2 N–H and O–H groups in total. The largest absolute Gasteiger partial charge is 0.317 e. The molecule has 0 aliphatic heterocycles. The highest BCUT2D eigenvalue weighted by Crippen LogP contribution is 2.20. The summed E-state index contributed by atoms with van der Waals surface area (Å²) in [6.45, 7) is 0. The second-order valence-electron chi connectivity index (χ2n) is 3.89. The monoisotopic (exact) mass is 451 g/mol. The predicted octanol–water partition coefficient (Wildman–Crippen LogP) is 4.12. The van der Waals surface area contributed by atoms with E-state index < -0.39 is 5.91 Å². The first-order valence-electron chi connectivity index (χ1n) is 5.64. The summed E-state index contributed by atoms with van der Waals surface area (Å²) in [5.74, 6) is 0.127. The highest BCUT2D eigenvalue weighted by Gasteiger charge is 2.12. The Morgan fingerprint density at radius 3 is 2.62 bits per heavy atom. The van der Waals surface area contributed by atoms with Crippen molar-refractivity contribution >= 4 is 74.8 Å². The smallest absolute Gasteiger partial charge is 0.258 e. The lowest BCUT2D eigenvalue weighted by molar-refractivity contribution is 0.0978. The average molecular weight is 452 g/mol. The van der Waals surface area contributed by atoms with Gasteiger partial charge in [0.05, 0.1) is 10.6 Å². The van der Waals surface area contributed by atoms with Crippen LogP contribution in [0.3, 0.4) is 0 Å². The second kappa shape index (κ2) is 7.35. The van der Waals surface area contributed by atoms with E-state index in [9.17, 15) is 4.79 Å². The number of anilines is 1. The average Bonchev–Trinajstić information content (AvgIpc) is 2.41. The highest BCUT2D eigenvalue weighted by atomic mass is 127. The van der Waals surface area contributed by atoms with Gasteiger partial charge < -0.3 is 5.32 Å². The van der Waals surface area contributed by atoms with E-state index in [1.807, 2.05) is 6.07 Å². The number of carbonyl (C=O) groups excluding carboxylic acids is 1. The van der Waals surface area contributed by atoms with E-state index in [1.54, 1.807) is 18.3 Å². The van der Waals surface area contributed by atoms with Crippen LogP contribution in [-0.2, 0) is 0 Å². The molecular weight excluding hydrogens is 444 g/mol. The fraction of sp³-hybridized carbons (Fsp3) is 0. The summed E-state index contributed by atoms with van der Waals surface area (Å²) in [5.41, 5.74) is 0.292. The Hall–Kier alpha value is -0.960. The zero-order valence-corrected chi connectivity index (χ0v) is 14.8. The van der Waals surface area contributed by atoms with E-state index >= 15 is 0 Å². The number of hydrogen-bond donors (Lipinski definition) is 2. The summed E-state index contributed by atoms with van der Waals surface area (Å²) in [5, 5.41) is 6.20. The zero-order chi connectivity index (χ0) is 15.4. The Balaban J connectivity index is 2.02. The number of rotatable bonds is 2. The van der Waals surface area contributed by atoms with Gasteiger partial charge in [-0.2, -0.15) is 0 Å². The summed E-state index contributed by atoms with van der Waals surface area (Å²) in [6.07, 6.45) is 1.68. The minimum Gasteiger partial charge on any atom is -0.317 e. The molecule has 2 rings (SSSR count). The zero-order valence-electron chi connectivity index (χ0n) is 10.4. The molecule has 0 aliphatic rings. The van der Waals surface area contributed by atoms with Gasteiger partial charge in [-0.05, 0) is 65.1 Å². The third kappa shape index (κ3) is 4.77. The van der Waals surface area contributed by atoms with Gasteiger partial charge in [-0.15, -0.1) is 0 Å². The lowest BCUT2D eigenvalue weighted by Crippen LogP contribution is -2.34. The summed E-state index contributed by atoms with van der Waals surface area (Å²) < 4.78 is 1.00. The number of nitrogens with zero attached hydrogens (tertiary/aromatic N) is 1. The molecule has 0 unspecified atom stereocenters. The Labute approximate surface area is 150 Å². The standard InChI is InChI=1S/C13H8Cl2IN3OS/c14-7-1-3-9(10(15)5-7)12(20)19-13(21)18-11-4-2-8(16)6-17-11/h1-6H,(H2,17,18,19,20,21). The third-order valence-corrected chi connectivity index (χ3v) is 3.76.